The van der Waals surface area contributed by atoms with Gasteiger partial charge in [-0.3, -0.25) is 0 Å². The predicted molar refractivity (Wildman–Crippen MR) is 118 cm³/mol. The van der Waals surface area contributed by atoms with Crippen molar-refractivity contribution < 1.29 is 28.6 Å². The molecule has 0 bridgehead atoms. The molecule has 3 aromatic rings. The minimum Gasteiger partial charge on any atom is -0.507 e. The van der Waals surface area contributed by atoms with Crippen LogP contribution >= 0.6 is 0 Å². The molecule has 7 nitrogen and oxygen atoms in total. The number of rotatable bonds is 8. The maximum atomic E-state index is 13.4. The number of piperidine rings is 1. The molecule has 1 aromatic heterocycles. The molecule has 8 heteroatoms. The van der Waals surface area contributed by atoms with Gasteiger partial charge in [0.15, 0.2) is 17.1 Å². The van der Waals surface area contributed by atoms with E-state index in [1.807, 2.05) is 0 Å². The van der Waals surface area contributed by atoms with Crippen LogP contribution in [0.3, 0.4) is 0 Å². The van der Waals surface area contributed by atoms with Gasteiger partial charge in [0.25, 0.3) is 0 Å². The third-order valence-corrected chi connectivity index (χ3v) is 6.22. The molecule has 32 heavy (non-hydrogen) atoms. The molecule has 2 heterocycles. The van der Waals surface area contributed by atoms with Crippen LogP contribution in [-0.4, -0.2) is 53.6 Å². The first kappa shape index (κ1) is 22.4. The lowest BCUT2D eigenvalue weighted by molar-refractivity contribution is 0.189. The van der Waals surface area contributed by atoms with Gasteiger partial charge in [-0.15, -0.1) is 0 Å². The molecular weight excluding hydrogens is 415 g/mol. The maximum absolute atomic E-state index is 13.4. The minimum absolute atomic E-state index is 0.0356. The van der Waals surface area contributed by atoms with E-state index in [1.165, 1.54) is 12.1 Å². The van der Waals surface area contributed by atoms with Crippen LogP contribution in [0.25, 0.3) is 11.0 Å². The molecule has 0 atom stereocenters. The highest BCUT2D eigenvalue weighted by molar-refractivity contribution is 5.79. The van der Waals surface area contributed by atoms with E-state index in [0.717, 1.165) is 50.0 Å². The lowest BCUT2D eigenvalue weighted by Crippen LogP contribution is -2.34. The Balaban J connectivity index is 1.27. The second-order valence-electron chi connectivity index (χ2n) is 8.23. The summed E-state index contributed by atoms with van der Waals surface area (Å²) in [6, 6.07) is 6.19. The third kappa shape index (κ3) is 4.52. The van der Waals surface area contributed by atoms with Gasteiger partial charge in [-0.1, -0.05) is 5.16 Å². The molecule has 0 amide bonds. The second-order valence-corrected chi connectivity index (χ2v) is 8.23. The van der Waals surface area contributed by atoms with Crippen LogP contribution in [0, 0.1) is 12.7 Å². The van der Waals surface area contributed by atoms with Crippen molar-refractivity contribution in [2.75, 3.05) is 33.4 Å². The van der Waals surface area contributed by atoms with Gasteiger partial charge in [0.1, 0.15) is 11.6 Å². The van der Waals surface area contributed by atoms with Crippen molar-refractivity contribution in [1.29, 1.82) is 0 Å². The summed E-state index contributed by atoms with van der Waals surface area (Å²) in [6.07, 6.45) is 2.79. The van der Waals surface area contributed by atoms with Crippen LogP contribution in [0.1, 0.15) is 42.0 Å². The summed E-state index contributed by atoms with van der Waals surface area (Å²) in [4.78, 5) is 2.40. The zero-order valence-corrected chi connectivity index (χ0v) is 18.4. The molecule has 1 fully saturated rings. The highest BCUT2D eigenvalue weighted by Crippen LogP contribution is 2.39. The Labute approximate surface area is 186 Å². The van der Waals surface area contributed by atoms with Crippen molar-refractivity contribution in [3.05, 3.63) is 46.9 Å². The highest BCUT2D eigenvalue weighted by atomic mass is 19.1. The Bertz CT molecular complexity index is 1080. The van der Waals surface area contributed by atoms with Crippen molar-refractivity contribution in [3.63, 3.8) is 0 Å². The number of nitrogens with zero attached hydrogens (tertiary/aromatic N) is 2. The summed E-state index contributed by atoms with van der Waals surface area (Å²) >= 11 is 0. The average molecular weight is 445 g/mol. The maximum Gasteiger partial charge on any atom is 0.170 e. The van der Waals surface area contributed by atoms with E-state index < -0.39 is 0 Å². The molecule has 0 saturated carbocycles. The van der Waals surface area contributed by atoms with Crippen LogP contribution in [-0.2, 0) is 6.61 Å². The largest absolute Gasteiger partial charge is 0.507 e. The first-order valence-electron chi connectivity index (χ1n) is 10.9. The van der Waals surface area contributed by atoms with Crippen molar-refractivity contribution in [3.8, 4) is 17.2 Å². The van der Waals surface area contributed by atoms with Gasteiger partial charge in [-0.2, -0.15) is 0 Å². The summed E-state index contributed by atoms with van der Waals surface area (Å²) in [7, 11) is 1.54. The summed E-state index contributed by atoms with van der Waals surface area (Å²) in [5, 5.41) is 24.7. The van der Waals surface area contributed by atoms with E-state index >= 15 is 0 Å². The summed E-state index contributed by atoms with van der Waals surface area (Å²) in [5.74, 6) is 1.05. The molecule has 1 aliphatic rings. The number of hydrogen-bond acceptors (Lipinski definition) is 7. The number of aliphatic hydroxyl groups excluding tert-OH is 1. The summed E-state index contributed by atoms with van der Waals surface area (Å²) in [5.41, 5.74) is 2.41. The van der Waals surface area contributed by atoms with E-state index in [-0.39, 0.29) is 18.2 Å². The topological polar surface area (TPSA) is 88.2 Å². The lowest BCUT2D eigenvalue weighted by atomic mass is 9.91. The molecule has 172 valence electrons. The van der Waals surface area contributed by atoms with Gasteiger partial charge in [-0.05, 0) is 57.5 Å². The fourth-order valence-electron chi connectivity index (χ4n) is 4.39. The number of aromatic nitrogens is 1. The number of phenols is 1. The Hall–Kier alpha value is -2.84. The van der Waals surface area contributed by atoms with Crippen LogP contribution in [0.4, 0.5) is 4.39 Å². The number of fused-ring (bicyclic) bond motifs is 1. The first-order chi connectivity index (χ1) is 15.5. The van der Waals surface area contributed by atoms with E-state index in [9.17, 15) is 14.6 Å². The van der Waals surface area contributed by atoms with E-state index in [2.05, 4.69) is 10.1 Å². The Morgan fingerprint density at radius 3 is 2.75 bits per heavy atom. The Morgan fingerprint density at radius 1 is 1.25 bits per heavy atom. The van der Waals surface area contributed by atoms with Crippen molar-refractivity contribution >= 4 is 11.0 Å². The Kier molecular flexibility index (Phi) is 6.81. The lowest BCUT2D eigenvalue weighted by Gasteiger charge is -2.31. The number of likely N-dealkylation sites (tertiary alicyclic amines) is 1. The van der Waals surface area contributed by atoms with Crippen molar-refractivity contribution in [1.82, 2.24) is 10.1 Å². The van der Waals surface area contributed by atoms with Gasteiger partial charge < -0.3 is 29.1 Å². The molecule has 1 aliphatic heterocycles. The van der Waals surface area contributed by atoms with Crippen LogP contribution < -0.4 is 9.47 Å². The molecule has 4 rings (SSSR count). The number of hydrogen-bond donors (Lipinski definition) is 2. The quantitative estimate of drug-likeness (QED) is 0.505. The summed E-state index contributed by atoms with van der Waals surface area (Å²) < 4.78 is 30.0. The van der Waals surface area contributed by atoms with Gasteiger partial charge >= 0.3 is 0 Å². The predicted octanol–water partition coefficient (Wildman–Crippen LogP) is 4.13. The van der Waals surface area contributed by atoms with E-state index in [0.29, 0.717) is 40.7 Å². The zero-order valence-electron chi connectivity index (χ0n) is 18.4. The zero-order chi connectivity index (χ0) is 22.7. The minimum atomic E-state index is -0.315. The Morgan fingerprint density at radius 2 is 2.03 bits per heavy atom. The number of methoxy groups -OCH3 is 1. The smallest absolute Gasteiger partial charge is 0.170 e. The standard InChI is InChI=1S/C24H29FN2O5/c1-15-23(29)17(14-28)12-21(30-2)24(15)31-11-3-8-27-9-6-16(7-10-27)22-19-5-4-18(25)13-20(19)32-26-22/h4-5,12-13,16,28-29H,3,6-11,14H2,1-2H3. The molecule has 1 saturated heterocycles. The SMILES string of the molecule is COc1cc(CO)c(O)c(C)c1OCCCN1CCC(c2noc3cc(F)ccc23)CC1. The fourth-order valence-corrected chi connectivity index (χ4v) is 4.39. The molecule has 0 unspecified atom stereocenters. The van der Waals surface area contributed by atoms with Crippen LogP contribution in [0.15, 0.2) is 28.8 Å². The number of aromatic hydroxyl groups is 1. The van der Waals surface area contributed by atoms with E-state index in [4.69, 9.17) is 14.0 Å². The van der Waals surface area contributed by atoms with Gasteiger partial charge in [0, 0.05) is 35.0 Å². The van der Waals surface area contributed by atoms with Crippen LogP contribution in [0.2, 0.25) is 0 Å². The number of halogens is 1. The van der Waals surface area contributed by atoms with Crippen LogP contribution in [0.5, 0.6) is 17.2 Å². The molecule has 0 radical (unpaired) electrons. The van der Waals surface area contributed by atoms with Crippen molar-refractivity contribution in [2.24, 2.45) is 0 Å². The molecule has 0 aliphatic carbocycles. The monoisotopic (exact) mass is 444 g/mol. The van der Waals surface area contributed by atoms with E-state index in [1.54, 1.807) is 26.2 Å². The normalized spacial score (nSPS) is 15.4. The first-order valence-corrected chi connectivity index (χ1v) is 10.9. The average Bonchev–Trinajstić information content (AvgIpc) is 3.22. The number of aliphatic hydroxyl groups is 1. The fraction of sp³-hybridized carbons (Fsp3) is 0.458. The number of benzene rings is 2. The molecule has 0 spiro atoms. The molecule has 2 N–H and O–H groups in total. The van der Waals surface area contributed by atoms with Gasteiger partial charge in [-0.25, -0.2) is 4.39 Å². The second kappa shape index (κ2) is 9.75. The van der Waals surface area contributed by atoms with Gasteiger partial charge in [0.05, 0.1) is 26.0 Å². The molecule has 2 aromatic carbocycles. The highest BCUT2D eigenvalue weighted by Gasteiger charge is 2.25. The van der Waals surface area contributed by atoms with Crippen molar-refractivity contribution in [2.45, 2.75) is 38.7 Å². The third-order valence-electron chi connectivity index (χ3n) is 6.22. The summed E-state index contributed by atoms with van der Waals surface area (Å²) in [6.45, 7) is 4.79. The number of ether oxygens (including phenoxy) is 2. The van der Waals surface area contributed by atoms with Gasteiger partial charge in [0.2, 0.25) is 0 Å². The molecular formula is C24H29FN2O5.